The molecule has 4 nitrogen and oxygen atoms in total. The Morgan fingerprint density at radius 2 is 2.00 bits per heavy atom. The van der Waals surface area contributed by atoms with E-state index in [0.29, 0.717) is 13.0 Å². The molecule has 0 fully saturated rings. The summed E-state index contributed by atoms with van der Waals surface area (Å²) in [6, 6.07) is 1.78. The molecule has 0 heterocycles. The first-order chi connectivity index (χ1) is 5.50. The second-order valence-corrected chi connectivity index (χ2v) is 4.71. The van der Waals surface area contributed by atoms with Crippen LogP contribution in [0.4, 0.5) is 0 Å². The van der Waals surface area contributed by atoms with E-state index >= 15 is 0 Å². The molecule has 1 atom stereocenters. The summed E-state index contributed by atoms with van der Waals surface area (Å²) in [7, 11) is -1.90. The van der Waals surface area contributed by atoms with Crippen molar-refractivity contribution in [2.45, 2.75) is 25.5 Å². The van der Waals surface area contributed by atoms with Gasteiger partial charge in [-0.1, -0.05) is 13.8 Å². The maximum atomic E-state index is 11.4. The first-order valence-electron chi connectivity index (χ1n) is 3.85. The van der Waals surface area contributed by atoms with Crippen molar-refractivity contribution < 1.29 is 8.42 Å². The summed E-state index contributed by atoms with van der Waals surface area (Å²) in [6.45, 7) is 3.83. The third kappa shape index (κ3) is 2.19. The highest BCUT2D eigenvalue weighted by molar-refractivity contribution is 7.89. The zero-order chi connectivity index (χ0) is 9.78. The van der Waals surface area contributed by atoms with E-state index in [9.17, 15) is 8.42 Å². The Hall–Kier alpha value is -0.600. The van der Waals surface area contributed by atoms with Crippen molar-refractivity contribution in [1.29, 1.82) is 5.26 Å². The van der Waals surface area contributed by atoms with E-state index in [-0.39, 0.29) is 0 Å². The molecule has 0 bridgehead atoms. The molecule has 0 aliphatic carbocycles. The Morgan fingerprint density at radius 1 is 1.50 bits per heavy atom. The number of hydrogen-bond donors (Lipinski definition) is 0. The highest BCUT2D eigenvalue weighted by Crippen LogP contribution is 2.08. The van der Waals surface area contributed by atoms with E-state index in [0.717, 1.165) is 0 Å². The molecule has 0 amide bonds. The number of nitrogens with zero attached hydrogens (tertiary/aromatic N) is 2. The van der Waals surface area contributed by atoms with Crippen LogP contribution in [0.1, 0.15) is 20.3 Å². The van der Waals surface area contributed by atoms with Gasteiger partial charge in [-0.15, -0.1) is 0 Å². The van der Waals surface area contributed by atoms with E-state index in [1.807, 2.05) is 0 Å². The summed E-state index contributed by atoms with van der Waals surface area (Å²) >= 11 is 0. The largest absolute Gasteiger partial charge is 0.230 e. The topological polar surface area (TPSA) is 61.2 Å². The third-order valence-corrected chi connectivity index (χ3v) is 4.04. The monoisotopic (exact) mass is 190 g/mol. The average molecular weight is 190 g/mol. The Labute approximate surface area is 73.8 Å². The molecule has 0 aliphatic rings. The molecule has 0 aromatic rings. The zero-order valence-electron chi connectivity index (χ0n) is 7.61. The van der Waals surface area contributed by atoms with Gasteiger partial charge >= 0.3 is 0 Å². The first-order valence-corrected chi connectivity index (χ1v) is 5.35. The molecule has 0 rings (SSSR count). The molecule has 0 N–H and O–H groups in total. The minimum atomic E-state index is -3.38. The summed E-state index contributed by atoms with van der Waals surface area (Å²) < 4.78 is 24.1. The van der Waals surface area contributed by atoms with Gasteiger partial charge in [0.2, 0.25) is 10.0 Å². The van der Waals surface area contributed by atoms with Gasteiger partial charge in [0.1, 0.15) is 0 Å². The van der Waals surface area contributed by atoms with Crippen molar-refractivity contribution in [3.05, 3.63) is 0 Å². The Bertz CT molecular complexity index is 266. The van der Waals surface area contributed by atoms with E-state index in [1.54, 1.807) is 19.9 Å². The Morgan fingerprint density at radius 3 is 2.25 bits per heavy atom. The average Bonchev–Trinajstić information content (AvgIpc) is 2.04. The van der Waals surface area contributed by atoms with Crippen LogP contribution in [0.3, 0.4) is 0 Å². The van der Waals surface area contributed by atoms with Gasteiger partial charge in [-0.3, -0.25) is 0 Å². The lowest BCUT2D eigenvalue weighted by atomic mass is 10.4. The normalized spacial score (nSPS) is 14.2. The predicted molar refractivity (Wildman–Crippen MR) is 46.9 cm³/mol. The van der Waals surface area contributed by atoms with Crippen molar-refractivity contribution in [3.8, 4) is 6.07 Å². The van der Waals surface area contributed by atoms with Crippen molar-refractivity contribution in [3.63, 3.8) is 0 Å². The van der Waals surface area contributed by atoms with Crippen LogP contribution in [0.2, 0.25) is 0 Å². The van der Waals surface area contributed by atoms with Crippen molar-refractivity contribution in [2.24, 2.45) is 0 Å². The van der Waals surface area contributed by atoms with E-state index in [1.165, 1.54) is 11.4 Å². The van der Waals surface area contributed by atoms with E-state index in [4.69, 9.17) is 5.26 Å². The molecule has 0 aromatic heterocycles. The fourth-order valence-electron chi connectivity index (χ4n) is 0.766. The SMILES string of the molecule is CCC(C#N)S(=O)(=O)N(C)CC. The number of nitriles is 1. The van der Waals surface area contributed by atoms with Crippen LogP contribution < -0.4 is 0 Å². The highest BCUT2D eigenvalue weighted by Gasteiger charge is 2.26. The second-order valence-electron chi connectivity index (χ2n) is 2.49. The number of rotatable bonds is 4. The minimum absolute atomic E-state index is 0.336. The summed E-state index contributed by atoms with van der Waals surface area (Å²) in [6.07, 6.45) is 0.336. The molecular weight excluding hydrogens is 176 g/mol. The smallest absolute Gasteiger partial charge is 0.211 e. The zero-order valence-corrected chi connectivity index (χ0v) is 8.43. The molecular formula is C7H14N2O2S. The molecule has 5 heteroatoms. The fraction of sp³-hybridized carbons (Fsp3) is 0.857. The van der Waals surface area contributed by atoms with Gasteiger partial charge in [-0.25, -0.2) is 12.7 Å². The molecule has 12 heavy (non-hydrogen) atoms. The minimum Gasteiger partial charge on any atom is -0.211 e. The number of hydrogen-bond acceptors (Lipinski definition) is 3. The summed E-state index contributed by atoms with van der Waals surface area (Å²) in [5.74, 6) is 0. The van der Waals surface area contributed by atoms with Gasteiger partial charge in [0, 0.05) is 13.6 Å². The summed E-state index contributed by atoms with van der Waals surface area (Å²) in [4.78, 5) is 0. The fourth-order valence-corrected chi connectivity index (χ4v) is 2.11. The second kappa shape index (κ2) is 4.43. The molecule has 0 aliphatic heterocycles. The van der Waals surface area contributed by atoms with Crippen LogP contribution >= 0.6 is 0 Å². The molecule has 0 aromatic carbocycles. The lowest BCUT2D eigenvalue weighted by molar-refractivity contribution is 0.479. The molecule has 0 spiro atoms. The van der Waals surface area contributed by atoms with Crippen molar-refractivity contribution >= 4 is 10.0 Å². The lowest BCUT2D eigenvalue weighted by Gasteiger charge is -2.17. The van der Waals surface area contributed by atoms with Gasteiger partial charge in [-0.05, 0) is 6.42 Å². The molecule has 0 radical (unpaired) electrons. The van der Waals surface area contributed by atoms with Gasteiger partial charge in [0.05, 0.1) is 6.07 Å². The lowest BCUT2D eigenvalue weighted by Crippen LogP contribution is -2.34. The van der Waals surface area contributed by atoms with Crippen LogP contribution in [-0.4, -0.2) is 31.6 Å². The van der Waals surface area contributed by atoms with Crippen LogP contribution in [0.15, 0.2) is 0 Å². The van der Waals surface area contributed by atoms with Crippen LogP contribution in [0.5, 0.6) is 0 Å². The van der Waals surface area contributed by atoms with E-state index < -0.39 is 15.3 Å². The molecule has 1 unspecified atom stereocenters. The third-order valence-electron chi connectivity index (χ3n) is 1.75. The molecule has 0 saturated carbocycles. The number of sulfonamides is 1. The van der Waals surface area contributed by atoms with E-state index in [2.05, 4.69) is 0 Å². The van der Waals surface area contributed by atoms with Crippen LogP contribution in [-0.2, 0) is 10.0 Å². The van der Waals surface area contributed by atoms with Gasteiger partial charge in [0.15, 0.2) is 5.25 Å². The van der Waals surface area contributed by atoms with Crippen LogP contribution in [0, 0.1) is 11.3 Å². The maximum Gasteiger partial charge on any atom is 0.230 e. The first kappa shape index (κ1) is 11.4. The maximum absolute atomic E-state index is 11.4. The molecule has 0 saturated heterocycles. The van der Waals surface area contributed by atoms with Gasteiger partial charge < -0.3 is 0 Å². The van der Waals surface area contributed by atoms with Crippen molar-refractivity contribution in [2.75, 3.05) is 13.6 Å². The molecule has 70 valence electrons. The predicted octanol–water partition coefficient (Wildman–Crippen LogP) is 0.570. The van der Waals surface area contributed by atoms with Crippen LogP contribution in [0.25, 0.3) is 0 Å². The Balaban J connectivity index is 4.74. The Kier molecular flexibility index (Phi) is 4.21. The summed E-state index contributed by atoms with van der Waals surface area (Å²) in [5.41, 5.74) is 0. The summed E-state index contributed by atoms with van der Waals surface area (Å²) in [5, 5.41) is 7.65. The standard InChI is InChI=1S/C7H14N2O2S/c1-4-7(6-8)12(10,11)9(3)5-2/h7H,4-5H2,1-3H3. The van der Waals surface area contributed by atoms with Crippen molar-refractivity contribution in [1.82, 2.24) is 4.31 Å². The quantitative estimate of drug-likeness (QED) is 0.651. The highest BCUT2D eigenvalue weighted by atomic mass is 32.2. The van der Waals surface area contributed by atoms with Gasteiger partial charge in [-0.2, -0.15) is 5.26 Å². The van der Waals surface area contributed by atoms with Gasteiger partial charge in [0.25, 0.3) is 0 Å².